The molecule has 0 atom stereocenters. The van der Waals surface area contributed by atoms with E-state index in [1.54, 1.807) is 24.3 Å². The van der Waals surface area contributed by atoms with Gasteiger partial charge in [0.1, 0.15) is 5.84 Å². The number of aliphatic imine (C=N–C) groups is 1. The van der Waals surface area contributed by atoms with Crippen molar-refractivity contribution in [2.45, 2.75) is 13.8 Å². The van der Waals surface area contributed by atoms with Crippen molar-refractivity contribution < 1.29 is 4.79 Å². The Morgan fingerprint density at radius 2 is 1.90 bits per heavy atom. The van der Waals surface area contributed by atoms with E-state index in [1.807, 2.05) is 0 Å². The van der Waals surface area contributed by atoms with Crippen LogP contribution in [-0.4, -0.2) is 48.7 Å². The van der Waals surface area contributed by atoms with E-state index in [9.17, 15) is 4.79 Å². The number of hydrogen-bond donors (Lipinski definition) is 2. The smallest absolute Gasteiger partial charge is 0.251 e. The lowest BCUT2D eigenvalue weighted by molar-refractivity contribution is 0.0949. The lowest BCUT2D eigenvalue weighted by Gasteiger charge is -2.17. The van der Waals surface area contributed by atoms with Crippen molar-refractivity contribution in [2.75, 3.05) is 32.1 Å². The largest absolute Gasteiger partial charge is 0.386 e. The Balaban J connectivity index is 2.52. The molecule has 5 nitrogen and oxygen atoms in total. The van der Waals surface area contributed by atoms with Gasteiger partial charge in [-0.05, 0) is 37.4 Å². The van der Waals surface area contributed by atoms with E-state index in [2.05, 4.69) is 29.1 Å². The average molecular weight is 311 g/mol. The highest BCUT2D eigenvalue weighted by molar-refractivity contribution is 6.28. The Labute approximate surface area is 131 Å². The lowest BCUT2D eigenvalue weighted by Crippen LogP contribution is -2.34. The number of likely N-dealkylation sites (N-methyl/N-ethyl adjacent to an activating group) is 1. The lowest BCUT2D eigenvalue weighted by atomic mass is 10.2. The molecule has 0 saturated carbocycles. The highest BCUT2D eigenvalue weighted by atomic mass is 35.5. The van der Waals surface area contributed by atoms with Crippen LogP contribution in [0.3, 0.4) is 0 Å². The summed E-state index contributed by atoms with van der Waals surface area (Å²) < 4.78 is 0. The Kier molecular flexibility index (Phi) is 7.79. The summed E-state index contributed by atoms with van der Waals surface area (Å²) in [6, 6.07) is 6.96. The zero-order chi connectivity index (χ0) is 15.7. The summed E-state index contributed by atoms with van der Waals surface area (Å²) in [5, 5.41) is 2.91. The number of amides is 1. The summed E-state index contributed by atoms with van der Waals surface area (Å²) in [6.45, 7) is 7.68. The predicted molar refractivity (Wildman–Crippen MR) is 88.6 cm³/mol. The molecule has 1 rings (SSSR count). The summed E-state index contributed by atoms with van der Waals surface area (Å²) in [7, 11) is 0. The number of nitrogens with two attached hydrogens (primary N) is 1. The van der Waals surface area contributed by atoms with Crippen LogP contribution >= 0.6 is 11.6 Å². The number of nitrogens with zero attached hydrogens (tertiary/aromatic N) is 2. The van der Waals surface area contributed by atoms with E-state index < -0.39 is 0 Å². The number of nitrogens with one attached hydrogen (secondary N) is 1. The van der Waals surface area contributed by atoms with Crippen molar-refractivity contribution in [1.29, 1.82) is 0 Å². The van der Waals surface area contributed by atoms with Gasteiger partial charge in [-0.1, -0.05) is 13.8 Å². The van der Waals surface area contributed by atoms with Crippen LogP contribution < -0.4 is 11.1 Å². The Hall–Kier alpha value is -1.59. The SMILES string of the molecule is CCN(CC)CCNC(=O)c1ccc(N=C(N)CCl)cc1. The second-order valence-electron chi connectivity index (χ2n) is 4.57. The third kappa shape index (κ3) is 6.14. The molecule has 1 aromatic rings. The van der Waals surface area contributed by atoms with E-state index in [0.29, 0.717) is 23.6 Å². The average Bonchev–Trinajstić information content (AvgIpc) is 2.52. The second kappa shape index (κ2) is 9.37. The van der Waals surface area contributed by atoms with Crippen LogP contribution in [0.25, 0.3) is 0 Å². The van der Waals surface area contributed by atoms with Gasteiger partial charge >= 0.3 is 0 Å². The van der Waals surface area contributed by atoms with Gasteiger partial charge in [-0.15, -0.1) is 11.6 Å². The molecule has 0 aliphatic carbocycles. The van der Waals surface area contributed by atoms with Crippen molar-refractivity contribution in [3.8, 4) is 0 Å². The molecule has 1 amide bonds. The molecule has 0 saturated heterocycles. The van der Waals surface area contributed by atoms with Gasteiger partial charge in [0.2, 0.25) is 0 Å². The molecule has 116 valence electrons. The number of amidine groups is 1. The molecule has 1 aromatic carbocycles. The highest BCUT2D eigenvalue weighted by Crippen LogP contribution is 2.13. The Morgan fingerprint density at radius 3 is 2.43 bits per heavy atom. The van der Waals surface area contributed by atoms with E-state index in [1.165, 1.54) is 0 Å². The van der Waals surface area contributed by atoms with Crippen molar-refractivity contribution in [2.24, 2.45) is 10.7 Å². The minimum Gasteiger partial charge on any atom is -0.386 e. The monoisotopic (exact) mass is 310 g/mol. The van der Waals surface area contributed by atoms with Crippen LogP contribution in [0.15, 0.2) is 29.3 Å². The molecular formula is C15H23ClN4O. The number of carbonyl (C=O) groups excluding carboxylic acids is 1. The van der Waals surface area contributed by atoms with Gasteiger partial charge in [-0.3, -0.25) is 4.79 Å². The molecule has 0 fully saturated rings. The third-order valence-corrected chi connectivity index (χ3v) is 3.42. The molecule has 0 radical (unpaired) electrons. The van der Waals surface area contributed by atoms with Crippen molar-refractivity contribution in [1.82, 2.24) is 10.2 Å². The molecular weight excluding hydrogens is 288 g/mol. The summed E-state index contributed by atoms with van der Waals surface area (Å²) >= 11 is 5.57. The van der Waals surface area contributed by atoms with E-state index in [-0.39, 0.29) is 11.8 Å². The minimum atomic E-state index is -0.0806. The molecule has 0 unspecified atom stereocenters. The molecule has 0 spiro atoms. The van der Waals surface area contributed by atoms with E-state index in [4.69, 9.17) is 17.3 Å². The van der Waals surface area contributed by atoms with Gasteiger partial charge in [0.05, 0.1) is 11.6 Å². The molecule has 0 aliphatic heterocycles. The number of hydrogen-bond acceptors (Lipinski definition) is 3. The van der Waals surface area contributed by atoms with Crippen molar-refractivity contribution >= 4 is 29.0 Å². The summed E-state index contributed by atoms with van der Waals surface area (Å²) in [6.07, 6.45) is 0. The first-order valence-electron chi connectivity index (χ1n) is 7.10. The number of rotatable bonds is 8. The molecule has 3 N–H and O–H groups in total. The van der Waals surface area contributed by atoms with Gasteiger partial charge in [-0.2, -0.15) is 0 Å². The van der Waals surface area contributed by atoms with Gasteiger partial charge in [0.25, 0.3) is 5.91 Å². The van der Waals surface area contributed by atoms with Crippen LogP contribution in [-0.2, 0) is 0 Å². The van der Waals surface area contributed by atoms with E-state index >= 15 is 0 Å². The second-order valence-corrected chi connectivity index (χ2v) is 4.83. The first-order valence-corrected chi connectivity index (χ1v) is 7.63. The maximum absolute atomic E-state index is 12.0. The molecule has 21 heavy (non-hydrogen) atoms. The Morgan fingerprint density at radius 1 is 1.29 bits per heavy atom. The molecule has 6 heteroatoms. The summed E-state index contributed by atoms with van der Waals surface area (Å²) in [4.78, 5) is 18.3. The number of alkyl halides is 1. The first-order chi connectivity index (χ1) is 10.1. The van der Waals surface area contributed by atoms with Gasteiger partial charge < -0.3 is 16.0 Å². The molecule has 0 aliphatic rings. The van der Waals surface area contributed by atoms with Crippen LogP contribution in [0.4, 0.5) is 5.69 Å². The quantitative estimate of drug-likeness (QED) is 0.438. The first kappa shape index (κ1) is 17.5. The zero-order valence-electron chi connectivity index (χ0n) is 12.6. The van der Waals surface area contributed by atoms with E-state index in [0.717, 1.165) is 19.6 Å². The fourth-order valence-electron chi connectivity index (χ4n) is 1.85. The molecule has 0 aromatic heterocycles. The van der Waals surface area contributed by atoms with Crippen LogP contribution in [0, 0.1) is 0 Å². The fraction of sp³-hybridized carbons (Fsp3) is 0.467. The van der Waals surface area contributed by atoms with Crippen LogP contribution in [0.1, 0.15) is 24.2 Å². The fourth-order valence-corrected chi connectivity index (χ4v) is 1.91. The molecule has 0 bridgehead atoms. The maximum atomic E-state index is 12.0. The van der Waals surface area contributed by atoms with Crippen molar-refractivity contribution in [3.63, 3.8) is 0 Å². The van der Waals surface area contributed by atoms with Gasteiger partial charge in [-0.25, -0.2) is 4.99 Å². The number of carbonyl (C=O) groups is 1. The van der Waals surface area contributed by atoms with Gasteiger partial charge in [0, 0.05) is 18.7 Å². The predicted octanol–water partition coefficient (Wildman–Crippen LogP) is 1.99. The summed E-state index contributed by atoms with van der Waals surface area (Å²) in [5.41, 5.74) is 6.85. The zero-order valence-corrected chi connectivity index (χ0v) is 13.4. The topological polar surface area (TPSA) is 70.7 Å². The van der Waals surface area contributed by atoms with Crippen LogP contribution in [0.2, 0.25) is 0 Å². The molecule has 0 heterocycles. The minimum absolute atomic E-state index is 0.0806. The maximum Gasteiger partial charge on any atom is 0.251 e. The highest BCUT2D eigenvalue weighted by Gasteiger charge is 2.06. The van der Waals surface area contributed by atoms with Gasteiger partial charge in [0.15, 0.2) is 0 Å². The van der Waals surface area contributed by atoms with Crippen LogP contribution in [0.5, 0.6) is 0 Å². The Bertz CT molecular complexity index is 469. The third-order valence-electron chi connectivity index (χ3n) is 3.15. The number of benzene rings is 1. The number of halogens is 1. The normalized spacial score (nSPS) is 11.7. The van der Waals surface area contributed by atoms with Crippen molar-refractivity contribution in [3.05, 3.63) is 29.8 Å². The summed E-state index contributed by atoms with van der Waals surface area (Å²) in [5.74, 6) is 0.462. The standard InChI is InChI=1S/C15H23ClN4O/c1-3-20(4-2)10-9-18-15(21)12-5-7-13(8-6-12)19-14(17)11-16/h5-8H,3-4,9-11H2,1-2H3,(H2,17,19)(H,18,21).